The fourth-order valence-electron chi connectivity index (χ4n) is 1.27. The number of hydrogen-bond acceptors (Lipinski definition) is 3. The number of rotatable bonds is 4. The van der Waals surface area contributed by atoms with E-state index in [-0.39, 0.29) is 0 Å². The molecular formula is C11H18BrN3. The van der Waals surface area contributed by atoms with Crippen LogP contribution in [0.5, 0.6) is 0 Å². The van der Waals surface area contributed by atoms with Crippen molar-refractivity contribution in [3.63, 3.8) is 0 Å². The summed E-state index contributed by atoms with van der Waals surface area (Å²) < 4.78 is 0.969. The normalized spacial score (nSPS) is 12.6. The van der Waals surface area contributed by atoms with Crippen LogP contribution in [-0.2, 0) is 0 Å². The molecule has 0 aliphatic rings. The number of halogens is 1. The zero-order chi connectivity index (χ0) is 11.4. The smallest absolute Gasteiger partial charge is 0.144 e. The number of anilines is 1. The molecule has 1 aromatic rings. The van der Waals surface area contributed by atoms with Gasteiger partial charge in [-0.2, -0.15) is 0 Å². The molecule has 1 unspecified atom stereocenters. The topological polar surface area (TPSA) is 37.8 Å². The van der Waals surface area contributed by atoms with Crippen molar-refractivity contribution in [2.45, 2.75) is 40.0 Å². The molecule has 0 radical (unpaired) electrons. The fraction of sp³-hybridized carbons (Fsp3) is 0.636. The van der Waals surface area contributed by atoms with Gasteiger partial charge in [0.2, 0.25) is 0 Å². The van der Waals surface area contributed by atoms with Gasteiger partial charge in [-0.3, -0.25) is 0 Å². The summed E-state index contributed by atoms with van der Waals surface area (Å²) >= 11 is 3.50. The first-order valence-corrected chi connectivity index (χ1v) is 6.17. The second-order valence-electron chi connectivity index (χ2n) is 3.67. The molecule has 1 aromatic heterocycles. The molecular weight excluding hydrogens is 254 g/mol. The minimum absolute atomic E-state index is 0.411. The van der Waals surface area contributed by atoms with Crippen LogP contribution in [0.4, 0.5) is 5.82 Å². The van der Waals surface area contributed by atoms with Gasteiger partial charge in [0.1, 0.15) is 11.6 Å². The molecule has 4 heteroatoms. The SMILES string of the molecule is CCNc1nc(C(C)CC)nc(C)c1Br. The Balaban J connectivity index is 3.11. The second kappa shape index (κ2) is 5.45. The third-order valence-electron chi connectivity index (χ3n) is 2.43. The average molecular weight is 272 g/mol. The van der Waals surface area contributed by atoms with E-state index in [2.05, 4.69) is 52.0 Å². The van der Waals surface area contributed by atoms with Crippen molar-refractivity contribution in [1.82, 2.24) is 9.97 Å². The lowest BCUT2D eigenvalue weighted by Gasteiger charge is -2.13. The first-order chi connectivity index (χ1) is 7.10. The third kappa shape index (κ3) is 2.91. The standard InChI is InChI=1S/C11H18BrN3/c1-5-7(3)10-14-8(4)9(12)11(15-10)13-6-2/h7H,5-6H2,1-4H3,(H,13,14,15). The van der Waals surface area contributed by atoms with Gasteiger partial charge in [0, 0.05) is 12.5 Å². The lowest BCUT2D eigenvalue weighted by molar-refractivity contribution is 0.674. The van der Waals surface area contributed by atoms with Crippen LogP contribution in [-0.4, -0.2) is 16.5 Å². The van der Waals surface area contributed by atoms with Crippen molar-refractivity contribution in [2.75, 3.05) is 11.9 Å². The summed E-state index contributed by atoms with van der Waals surface area (Å²) in [4.78, 5) is 9.01. The van der Waals surface area contributed by atoms with Crippen LogP contribution < -0.4 is 5.32 Å². The van der Waals surface area contributed by atoms with Gasteiger partial charge in [-0.1, -0.05) is 13.8 Å². The molecule has 0 aromatic carbocycles. The zero-order valence-corrected chi connectivity index (χ0v) is 11.3. The van der Waals surface area contributed by atoms with Crippen LogP contribution >= 0.6 is 15.9 Å². The van der Waals surface area contributed by atoms with E-state index >= 15 is 0 Å². The Morgan fingerprint density at radius 1 is 1.33 bits per heavy atom. The maximum Gasteiger partial charge on any atom is 0.144 e. The zero-order valence-electron chi connectivity index (χ0n) is 9.76. The van der Waals surface area contributed by atoms with E-state index in [1.807, 2.05) is 6.92 Å². The summed E-state index contributed by atoms with van der Waals surface area (Å²) in [6.07, 6.45) is 1.06. The first kappa shape index (κ1) is 12.4. The summed E-state index contributed by atoms with van der Waals surface area (Å²) in [5.74, 6) is 2.24. The van der Waals surface area contributed by atoms with Crippen molar-refractivity contribution in [1.29, 1.82) is 0 Å². The van der Waals surface area contributed by atoms with E-state index in [1.54, 1.807) is 0 Å². The van der Waals surface area contributed by atoms with Crippen LogP contribution in [0.1, 0.15) is 44.6 Å². The summed E-state index contributed by atoms with van der Waals surface area (Å²) in [7, 11) is 0. The van der Waals surface area contributed by atoms with Crippen LogP contribution in [0, 0.1) is 6.92 Å². The first-order valence-electron chi connectivity index (χ1n) is 5.38. The van der Waals surface area contributed by atoms with Crippen molar-refractivity contribution >= 4 is 21.7 Å². The van der Waals surface area contributed by atoms with Crippen molar-refractivity contribution in [3.8, 4) is 0 Å². The predicted octanol–water partition coefficient (Wildman–Crippen LogP) is 3.49. The number of aryl methyl sites for hydroxylation is 1. The number of nitrogens with one attached hydrogen (secondary N) is 1. The molecule has 0 bridgehead atoms. The van der Waals surface area contributed by atoms with Crippen LogP contribution in [0.25, 0.3) is 0 Å². The highest BCUT2D eigenvalue weighted by Crippen LogP contribution is 2.25. The quantitative estimate of drug-likeness (QED) is 0.911. The largest absolute Gasteiger partial charge is 0.369 e. The predicted molar refractivity (Wildman–Crippen MR) is 67.3 cm³/mol. The van der Waals surface area contributed by atoms with Gasteiger partial charge in [0.15, 0.2) is 0 Å². The minimum atomic E-state index is 0.411. The van der Waals surface area contributed by atoms with E-state index in [9.17, 15) is 0 Å². The molecule has 0 fully saturated rings. The molecule has 0 aliphatic heterocycles. The van der Waals surface area contributed by atoms with Crippen molar-refractivity contribution in [2.24, 2.45) is 0 Å². The van der Waals surface area contributed by atoms with Gasteiger partial charge >= 0.3 is 0 Å². The Hall–Kier alpha value is -0.640. The van der Waals surface area contributed by atoms with Gasteiger partial charge in [0.25, 0.3) is 0 Å². The Kier molecular flexibility index (Phi) is 4.51. The summed E-state index contributed by atoms with van der Waals surface area (Å²) in [6, 6.07) is 0. The van der Waals surface area contributed by atoms with Crippen molar-refractivity contribution in [3.05, 3.63) is 16.0 Å². The molecule has 0 saturated carbocycles. The maximum atomic E-state index is 4.52. The summed E-state index contributed by atoms with van der Waals surface area (Å²) in [6.45, 7) is 9.23. The lowest BCUT2D eigenvalue weighted by atomic mass is 10.1. The van der Waals surface area contributed by atoms with Crippen LogP contribution in [0.2, 0.25) is 0 Å². The van der Waals surface area contributed by atoms with Crippen LogP contribution in [0.3, 0.4) is 0 Å². The highest BCUT2D eigenvalue weighted by atomic mass is 79.9. The third-order valence-corrected chi connectivity index (χ3v) is 3.38. The lowest BCUT2D eigenvalue weighted by Crippen LogP contribution is -2.08. The minimum Gasteiger partial charge on any atom is -0.369 e. The van der Waals surface area contributed by atoms with E-state index in [0.29, 0.717) is 5.92 Å². The van der Waals surface area contributed by atoms with E-state index in [1.165, 1.54) is 0 Å². The average Bonchev–Trinajstić information content (AvgIpc) is 2.23. The Morgan fingerprint density at radius 2 is 2.00 bits per heavy atom. The van der Waals surface area contributed by atoms with Gasteiger partial charge in [-0.25, -0.2) is 9.97 Å². The molecule has 1 atom stereocenters. The number of nitrogens with zero attached hydrogens (tertiary/aromatic N) is 2. The highest BCUT2D eigenvalue weighted by Gasteiger charge is 2.12. The maximum absolute atomic E-state index is 4.52. The summed E-state index contributed by atoms with van der Waals surface area (Å²) in [5, 5.41) is 3.24. The number of hydrogen-bond donors (Lipinski definition) is 1. The van der Waals surface area contributed by atoms with E-state index < -0.39 is 0 Å². The van der Waals surface area contributed by atoms with Gasteiger partial charge in [-0.05, 0) is 36.2 Å². The Bertz CT molecular complexity index is 339. The Labute approximate surface area is 99.8 Å². The second-order valence-corrected chi connectivity index (χ2v) is 4.46. The highest BCUT2D eigenvalue weighted by molar-refractivity contribution is 9.10. The molecule has 0 amide bonds. The van der Waals surface area contributed by atoms with Gasteiger partial charge < -0.3 is 5.32 Å². The van der Waals surface area contributed by atoms with E-state index in [4.69, 9.17) is 0 Å². The van der Waals surface area contributed by atoms with Crippen molar-refractivity contribution < 1.29 is 0 Å². The number of aromatic nitrogens is 2. The molecule has 0 spiro atoms. The molecule has 1 heterocycles. The van der Waals surface area contributed by atoms with E-state index in [0.717, 1.165) is 34.8 Å². The van der Waals surface area contributed by atoms with Gasteiger partial charge in [-0.15, -0.1) is 0 Å². The van der Waals surface area contributed by atoms with Gasteiger partial charge in [0.05, 0.1) is 10.2 Å². The summed E-state index contributed by atoms with van der Waals surface area (Å²) in [5.41, 5.74) is 0.997. The molecule has 1 N–H and O–H groups in total. The monoisotopic (exact) mass is 271 g/mol. The molecule has 84 valence electrons. The fourth-order valence-corrected chi connectivity index (χ4v) is 1.59. The Morgan fingerprint density at radius 3 is 2.53 bits per heavy atom. The molecule has 0 saturated heterocycles. The molecule has 15 heavy (non-hydrogen) atoms. The molecule has 3 nitrogen and oxygen atoms in total. The van der Waals surface area contributed by atoms with Crippen LogP contribution in [0.15, 0.2) is 4.47 Å². The molecule has 1 rings (SSSR count). The molecule has 0 aliphatic carbocycles.